The molecule has 2 aromatic carbocycles. The Hall–Kier alpha value is -2.34. The third-order valence-electron chi connectivity index (χ3n) is 5.67. The van der Waals surface area contributed by atoms with E-state index in [1.807, 2.05) is 32.9 Å². The van der Waals surface area contributed by atoms with Crippen molar-refractivity contribution in [3.8, 4) is 5.75 Å². The summed E-state index contributed by atoms with van der Waals surface area (Å²) in [6, 6.07) is 13.3. The second kappa shape index (κ2) is 13.1. The molecule has 0 radical (unpaired) electrons. The van der Waals surface area contributed by atoms with Crippen LogP contribution in [0.4, 0.5) is 5.69 Å². The minimum absolute atomic E-state index is 0.0513. The molecule has 2 rings (SSSR count). The number of halogens is 1. The molecular weight excluding hydrogens is 581 g/mol. The highest BCUT2D eigenvalue weighted by Crippen LogP contribution is 2.22. The minimum atomic E-state index is -3.76. The number of carbonyl (C=O) groups is 2. The lowest BCUT2D eigenvalue weighted by Crippen LogP contribution is -2.53. The van der Waals surface area contributed by atoms with Crippen LogP contribution in [0.5, 0.6) is 5.75 Å². The maximum absolute atomic E-state index is 13.7. The van der Waals surface area contributed by atoms with Crippen molar-refractivity contribution in [2.45, 2.75) is 52.2 Å². The zero-order valence-electron chi connectivity index (χ0n) is 20.8. The maximum Gasteiger partial charge on any atom is 0.244 e. The van der Waals surface area contributed by atoms with E-state index < -0.39 is 28.5 Å². The molecule has 10 heteroatoms. The van der Waals surface area contributed by atoms with Gasteiger partial charge in [-0.15, -0.1) is 0 Å². The lowest BCUT2D eigenvalue weighted by molar-refractivity contribution is -0.140. The fraction of sp³-hybridized carbons (Fsp3) is 0.440. The summed E-state index contributed by atoms with van der Waals surface area (Å²) in [5, 5.41) is 2.96. The van der Waals surface area contributed by atoms with E-state index in [2.05, 4.69) is 27.9 Å². The van der Waals surface area contributed by atoms with Gasteiger partial charge >= 0.3 is 0 Å². The van der Waals surface area contributed by atoms with Crippen LogP contribution in [0.15, 0.2) is 48.5 Å². The normalized spacial score (nSPS) is 13.0. The third-order valence-corrected chi connectivity index (χ3v) is 7.53. The topological polar surface area (TPSA) is 96.0 Å². The average molecular weight is 616 g/mol. The lowest BCUT2D eigenvalue weighted by atomic mass is 10.1. The van der Waals surface area contributed by atoms with E-state index in [9.17, 15) is 18.0 Å². The molecule has 0 saturated heterocycles. The molecule has 0 unspecified atom stereocenters. The first-order valence-electron chi connectivity index (χ1n) is 11.5. The number of sulfonamides is 1. The average Bonchev–Trinajstić information content (AvgIpc) is 2.82. The van der Waals surface area contributed by atoms with Crippen molar-refractivity contribution in [3.05, 3.63) is 57.7 Å². The highest BCUT2D eigenvalue weighted by molar-refractivity contribution is 14.1. The molecule has 2 aromatic rings. The van der Waals surface area contributed by atoms with Gasteiger partial charge in [-0.1, -0.05) is 26.0 Å². The zero-order chi connectivity index (χ0) is 26.2. The molecule has 0 heterocycles. The quantitative estimate of drug-likeness (QED) is 0.367. The highest BCUT2D eigenvalue weighted by Gasteiger charge is 2.32. The van der Waals surface area contributed by atoms with Crippen LogP contribution in [0, 0.1) is 3.57 Å². The monoisotopic (exact) mass is 615 g/mol. The molecule has 35 heavy (non-hydrogen) atoms. The second-order valence-electron chi connectivity index (χ2n) is 8.36. The van der Waals surface area contributed by atoms with Gasteiger partial charge < -0.3 is 15.0 Å². The molecule has 8 nitrogen and oxygen atoms in total. The number of nitrogens with one attached hydrogen (secondary N) is 1. The van der Waals surface area contributed by atoms with Crippen molar-refractivity contribution in [2.75, 3.05) is 24.2 Å². The third kappa shape index (κ3) is 8.38. The van der Waals surface area contributed by atoms with Gasteiger partial charge in [0.05, 0.1) is 19.1 Å². The first-order valence-corrected chi connectivity index (χ1v) is 14.4. The van der Waals surface area contributed by atoms with E-state index in [1.165, 1.54) is 4.90 Å². The molecule has 0 aliphatic heterocycles. The summed E-state index contributed by atoms with van der Waals surface area (Å²) in [4.78, 5) is 28.3. The largest absolute Gasteiger partial charge is 0.497 e. The first-order chi connectivity index (χ1) is 16.5. The molecule has 0 spiro atoms. The summed E-state index contributed by atoms with van der Waals surface area (Å²) >= 11 is 2.13. The fourth-order valence-corrected chi connectivity index (χ4v) is 4.76. The molecule has 2 amide bonds. The second-order valence-corrected chi connectivity index (χ2v) is 11.5. The molecule has 0 aliphatic carbocycles. The first kappa shape index (κ1) is 28.9. The summed E-state index contributed by atoms with van der Waals surface area (Å²) in [5.41, 5.74) is 1.16. The molecule has 0 fully saturated rings. The Morgan fingerprint density at radius 1 is 1.09 bits per heavy atom. The fourth-order valence-electron chi connectivity index (χ4n) is 3.55. The Bertz CT molecular complexity index is 1110. The number of rotatable bonds is 12. The predicted octanol–water partition coefficient (Wildman–Crippen LogP) is 3.79. The van der Waals surface area contributed by atoms with Crippen molar-refractivity contribution in [1.29, 1.82) is 0 Å². The van der Waals surface area contributed by atoms with Crippen molar-refractivity contribution < 1.29 is 22.7 Å². The number of nitrogens with zero attached hydrogens (tertiary/aromatic N) is 2. The molecule has 0 aliphatic rings. The van der Waals surface area contributed by atoms with Gasteiger partial charge in [0.2, 0.25) is 21.8 Å². The van der Waals surface area contributed by atoms with Crippen LogP contribution >= 0.6 is 22.6 Å². The number of methoxy groups -OCH3 is 1. The summed E-state index contributed by atoms with van der Waals surface area (Å²) < 4.78 is 32.6. The summed E-state index contributed by atoms with van der Waals surface area (Å²) in [5.74, 6) is -0.107. The van der Waals surface area contributed by atoms with Crippen LogP contribution < -0.4 is 14.4 Å². The highest BCUT2D eigenvalue weighted by atomic mass is 127. The van der Waals surface area contributed by atoms with E-state index in [0.29, 0.717) is 17.9 Å². The minimum Gasteiger partial charge on any atom is -0.497 e. The zero-order valence-corrected chi connectivity index (χ0v) is 23.8. The Labute approximate surface area is 222 Å². The van der Waals surface area contributed by atoms with Gasteiger partial charge in [-0.05, 0) is 84.3 Å². The molecule has 0 aromatic heterocycles. The lowest BCUT2D eigenvalue weighted by Gasteiger charge is -2.33. The van der Waals surface area contributed by atoms with Crippen LogP contribution in [0.1, 0.15) is 39.2 Å². The van der Waals surface area contributed by atoms with Gasteiger partial charge in [0, 0.05) is 16.2 Å². The van der Waals surface area contributed by atoms with Crippen LogP contribution in [0.3, 0.4) is 0 Å². The standard InChI is InChI=1S/C25H34IN3O5S/c1-6-18(3)27-25(31)23(7-2)28(16-19-9-8-10-22(15-19)34-4)24(30)17-29(35(5,32)33)21-13-11-20(26)12-14-21/h8-15,18,23H,6-7,16-17H2,1-5H3,(H,27,31)/t18-,23-/m1/s1. The van der Waals surface area contributed by atoms with E-state index in [-0.39, 0.29) is 18.5 Å². The molecule has 192 valence electrons. The van der Waals surface area contributed by atoms with Gasteiger partial charge in [-0.25, -0.2) is 8.42 Å². The Balaban J connectivity index is 2.44. The van der Waals surface area contributed by atoms with E-state index in [1.54, 1.807) is 43.5 Å². The van der Waals surface area contributed by atoms with Crippen molar-refractivity contribution in [3.63, 3.8) is 0 Å². The SMILES string of the molecule is CC[C@@H](C)NC(=O)[C@@H](CC)N(Cc1cccc(OC)c1)C(=O)CN(c1ccc(I)cc1)S(C)(=O)=O. The van der Waals surface area contributed by atoms with Gasteiger partial charge in [-0.2, -0.15) is 0 Å². The van der Waals surface area contributed by atoms with E-state index >= 15 is 0 Å². The molecular formula is C25H34IN3O5S. The van der Waals surface area contributed by atoms with Crippen LogP contribution in [0.25, 0.3) is 0 Å². The Kier molecular flexibility index (Phi) is 10.8. The van der Waals surface area contributed by atoms with Crippen LogP contribution in [0.2, 0.25) is 0 Å². The molecule has 2 atom stereocenters. The molecule has 0 bridgehead atoms. The number of ether oxygens (including phenoxy) is 1. The number of amides is 2. The molecule has 1 N–H and O–H groups in total. The van der Waals surface area contributed by atoms with Gasteiger partial charge in [0.1, 0.15) is 18.3 Å². The number of benzene rings is 2. The van der Waals surface area contributed by atoms with Gasteiger partial charge in [-0.3, -0.25) is 13.9 Å². The van der Waals surface area contributed by atoms with E-state index in [0.717, 1.165) is 26.1 Å². The number of carbonyl (C=O) groups excluding carboxylic acids is 2. The summed E-state index contributed by atoms with van der Waals surface area (Å²) in [7, 11) is -2.20. The number of anilines is 1. The van der Waals surface area contributed by atoms with Gasteiger partial charge in [0.25, 0.3) is 0 Å². The van der Waals surface area contributed by atoms with Crippen molar-refractivity contribution >= 4 is 50.1 Å². The van der Waals surface area contributed by atoms with Crippen molar-refractivity contribution in [2.24, 2.45) is 0 Å². The maximum atomic E-state index is 13.7. The van der Waals surface area contributed by atoms with E-state index in [4.69, 9.17) is 4.74 Å². The van der Waals surface area contributed by atoms with Gasteiger partial charge in [0.15, 0.2) is 0 Å². The van der Waals surface area contributed by atoms with Crippen LogP contribution in [-0.2, 0) is 26.2 Å². The predicted molar refractivity (Wildman–Crippen MR) is 147 cm³/mol. The Morgan fingerprint density at radius 3 is 2.29 bits per heavy atom. The number of hydrogen-bond acceptors (Lipinski definition) is 5. The summed E-state index contributed by atoms with van der Waals surface area (Å²) in [6.45, 7) is 5.42. The van der Waals surface area contributed by atoms with Crippen LogP contribution in [-0.4, -0.2) is 57.1 Å². The van der Waals surface area contributed by atoms with Crippen molar-refractivity contribution in [1.82, 2.24) is 10.2 Å². The smallest absolute Gasteiger partial charge is 0.244 e. The Morgan fingerprint density at radius 2 is 1.74 bits per heavy atom. The molecule has 0 saturated carbocycles. The summed E-state index contributed by atoms with van der Waals surface area (Å²) in [6.07, 6.45) is 2.19. The number of hydrogen-bond donors (Lipinski definition) is 1.